The van der Waals surface area contributed by atoms with E-state index in [1.54, 1.807) is 11.8 Å². The molecule has 0 saturated heterocycles. The van der Waals surface area contributed by atoms with Gasteiger partial charge in [0.05, 0.1) is 12.8 Å². The Kier molecular flexibility index (Phi) is 5.38. The van der Waals surface area contributed by atoms with Crippen molar-refractivity contribution in [2.24, 2.45) is 0 Å². The van der Waals surface area contributed by atoms with Gasteiger partial charge in [-0.25, -0.2) is 0 Å². The predicted octanol–water partition coefficient (Wildman–Crippen LogP) is 6.11. The van der Waals surface area contributed by atoms with E-state index >= 15 is 0 Å². The van der Waals surface area contributed by atoms with Crippen LogP contribution in [0.1, 0.15) is 16.1 Å². The molecule has 1 aliphatic heterocycles. The van der Waals surface area contributed by atoms with E-state index in [1.165, 1.54) is 0 Å². The Hall–Kier alpha value is -3.63. The first kappa shape index (κ1) is 20.3. The fraction of sp³-hybridized carbons (Fsp3) is 0.111. The first-order valence-electron chi connectivity index (χ1n) is 10.4. The molecule has 4 nitrogen and oxygen atoms in total. The van der Waals surface area contributed by atoms with Gasteiger partial charge < -0.3 is 4.74 Å². The molecule has 0 atom stereocenters. The van der Waals surface area contributed by atoms with E-state index in [4.69, 9.17) is 21.4 Å². The van der Waals surface area contributed by atoms with Crippen LogP contribution < -0.4 is 4.74 Å². The van der Waals surface area contributed by atoms with Crippen LogP contribution in [0.2, 0.25) is 0 Å². The number of hydrogen-bond donors (Lipinski definition) is 0. The van der Waals surface area contributed by atoms with Crippen molar-refractivity contribution in [3.8, 4) is 28.1 Å². The van der Waals surface area contributed by atoms with Gasteiger partial charge in [-0.3, -0.25) is 4.79 Å². The molecule has 5 rings (SSSR count). The molecule has 1 aliphatic rings. The summed E-state index contributed by atoms with van der Waals surface area (Å²) < 4.78 is 6.82. The van der Waals surface area contributed by atoms with Gasteiger partial charge in [0.15, 0.2) is 0 Å². The summed E-state index contributed by atoms with van der Waals surface area (Å²) >= 11 is 6.37. The van der Waals surface area contributed by atoms with Crippen molar-refractivity contribution in [3.05, 3.63) is 102 Å². The van der Waals surface area contributed by atoms with Crippen molar-refractivity contribution in [2.45, 2.75) is 6.42 Å². The highest BCUT2D eigenvalue weighted by Crippen LogP contribution is 2.40. The highest BCUT2D eigenvalue weighted by molar-refractivity contribution is 6.27. The van der Waals surface area contributed by atoms with Gasteiger partial charge in [-0.2, -0.15) is 9.78 Å². The molecule has 0 amide bonds. The van der Waals surface area contributed by atoms with E-state index in [0.717, 1.165) is 45.0 Å². The topological polar surface area (TPSA) is 44.1 Å². The summed E-state index contributed by atoms with van der Waals surface area (Å²) in [6.45, 7) is 0. The molecule has 0 fully saturated rings. The number of nitrogens with zero attached hydrogens (tertiary/aromatic N) is 2. The number of carbonyl (C=O) groups excluding carboxylic acids is 1. The molecule has 5 heteroatoms. The van der Waals surface area contributed by atoms with Gasteiger partial charge in [-0.15, -0.1) is 11.6 Å². The lowest BCUT2D eigenvalue weighted by molar-refractivity contribution is 0.0958. The number of allylic oxidation sites excluding steroid dienone is 2. The Morgan fingerprint density at radius 3 is 2.09 bits per heavy atom. The second-order valence-corrected chi connectivity index (χ2v) is 7.90. The zero-order chi connectivity index (χ0) is 22.1. The Balaban J connectivity index is 1.71. The minimum atomic E-state index is -0.161. The van der Waals surface area contributed by atoms with E-state index in [1.807, 2.05) is 72.8 Å². The summed E-state index contributed by atoms with van der Waals surface area (Å²) in [6, 6.07) is 27.6. The fourth-order valence-electron chi connectivity index (χ4n) is 4.24. The number of fused-ring (bicyclic) bond motifs is 1. The maximum absolute atomic E-state index is 13.7. The molecule has 32 heavy (non-hydrogen) atoms. The van der Waals surface area contributed by atoms with Crippen LogP contribution in [0.3, 0.4) is 0 Å². The molecule has 0 unspecified atom stereocenters. The maximum atomic E-state index is 13.7. The van der Waals surface area contributed by atoms with Crippen LogP contribution >= 0.6 is 11.6 Å². The fourth-order valence-corrected chi connectivity index (χ4v) is 4.47. The number of alkyl halides is 1. The first-order valence-corrected chi connectivity index (χ1v) is 10.9. The van der Waals surface area contributed by atoms with Gasteiger partial charge >= 0.3 is 0 Å². The third kappa shape index (κ3) is 3.43. The zero-order valence-electron chi connectivity index (χ0n) is 17.6. The van der Waals surface area contributed by atoms with Gasteiger partial charge in [0.25, 0.3) is 5.91 Å². The molecule has 1 aromatic heterocycles. The Morgan fingerprint density at radius 1 is 0.875 bits per heavy atom. The minimum Gasteiger partial charge on any atom is -0.497 e. The zero-order valence-corrected chi connectivity index (χ0v) is 18.3. The molecule has 0 spiro atoms. The first-order chi connectivity index (χ1) is 15.7. The normalized spacial score (nSPS) is 13.2. The van der Waals surface area contributed by atoms with Crippen molar-refractivity contribution in [2.75, 3.05) is 13.0 Å². The van der Waals surface area contributed by atoms with E-state index in [9.17, 15) is 4.79 Å². The number of ether oxygens (including phenoxy) is 1. The highest BCUT2D eigenvalue weighted by atomic mass is 35.5. The number of methoxy groups -OCH3 is 1. The molecule has 4 aromatic rings. The van der Waals surface area contributed by atoms with Crippen molar-refractivity contribution < 1.29 is 9.53 Å². The largest absolute Gasteiger partial charge is 0.497 e. The third-order valence-corrected chi connectivity index (χ3v) is 6.09. The van der Waals surface area contributed by atoms with Crippen molar-refractivity contribution >= 4 is 23.1 Å². The van der Waals surface area contributed by atoms with Crippen LogP contribution in [-0.2, 0) is 6.42 Å². The minimum absolute atomic E-state index is 0.161. The summed E-state index contributed by atoms with van der Waals surface area (Å²) in [5.74, 6) is 0.849. The number of carbonyl (C=O) groups is 1. The molecule has 0 N–H and O–H groups in total. The smallest absolute Gasteiger partial charge is 0.279 e. The summed E-state index contributed by atoms with van der Waals surface area (Å²) in [5, 5.41) is 4.82. The molecule has 0 bridgehead atoms. The van der Waals surface area contributed by atoms with Crippen molar-refractivity contribution in [1.82, 2.24) is 9.78 Å². The predicted molar refractivity (Wildman–Crippen MR) is 128 cm³/mol. The molecule has 0 radical (unpaired) electrons. The molecular formula is C27H21ClN2O2. The number of rotatable bonds is 5. The van der Waals surface area contributed by atoms with Crippen molar-refractivity contribution in [1.29, 1.82) is 0 Å². The second-order valence-electron chi connectivity index (χ2n) is 7.64. The SMILES string of the molecule is COc1ccc(C2=C(CCl)Cc3c(-c4ccccc4)c(-c4ccccc4)nn3C2=O)cc1. The number of hydrogen-bond acceptors (Lipinski definition) is 3. The lowest BCUT2D eigenvalue weighted by Gasteiger charge is -2.21. The quantitative estimate of drug-likeness (QED) is 0.351. The molecule has 158 valence electrons. The van der Waals surface area contributed by atoms with E-state index in [-0.39, 0.29) is 11.8 Å². The highest BCUT2D eigenvalue weighted by Gasteiger charge is 2.32. The second kappa shape index (κ2) is 8.48. The molecule has 0 saturated carbocycles. The van der Waals surface area contributed by atoms with Gasteiger partial charge in [-0.1, -0.05) is 72.8 Å². The van der Waals surface area contributed by atoms with Gasteiger partial charge in [0.2, 0.25) is 0 Å². The average molecular weight is 441 g/mol. The van der Waals surface area contributed by atoms with Crippen LogP contribution in [0.5, 0.6) is 5.75 Å². The van der Waals surface area contributed by atoms with Gasteiger partial charge in [0, 0.05) is 29.0 Å². The number of halogens is 1. The summed E-state index contributed by atoms with van der Waals surface area (Å²) in [7, 11) is 1.62. The molecule has 3 aromatic carbocycles. The van der Waals surface area contributed by atoms with E-state index in [2.05, 4.69) is 12.1 Å². The van der Waals surface area contributed by atoms with Crippen LogP contribution in [0.25, 0.3) is 28.0 Å². The molecule has 0 aliphatic carbocycles. The Bertz CT molecular complexity index is 1310. The third-order valence-electron chi connectivity index (χ3n) is 5.77. The lowest BCUT2D eigenvalue weighted by Crippen LogP contribution is -2.24. The van der Waals surface area contributed by atoms with Crippen LogP contribution in [-0.4, -0.2) is 28.7 Å². The van der Waals surface area contributed by atoms with Gasteiger partial charge in [-0.05, 0) is 28.8 Å². The summed E-state index contributed by atoms with van der Waals surface area (Å²) in [6.07, 6.45) is 0.556. The summed E-state index contributed by atoms with van der Waals surface area (Å²) in [4.78, 5) is 13.7. The maximum Gasteiger partial charge on any atom is 0.279 e. The molecule has 2 heterocycles. The average Bonchev–Trinajstić information content (AvgIpc) is 3.25. The number of benzene rings is 3. The van der Waals surface area contributed by atoms with E-state index in [0.29, 0.717) is 12.0 Å². The molecular weight excluding hydrogens is 420 g/mol. The Labute approximate surface area is 191 Å². The van der Waals surface area contributed by atoms with Crippen LogP contribution in [0.15, 0.2) is 90.5 Å². The standard InChI is InChI=1S/C27H21ClN2O2/c1-32-22-14-12-19(13-15-22)24-21(17-28)16-23-25(18-8-4-2-5-9-18)26(29-30(23)27(24)31)20-10-6-3-7-11-20/h2-15H,16-17H2,1H3. The lowest BCUT2D eigenvalue weighted by atomic mass is 9.90. The van der Waals surface area contributed by atoms with Crippen LogP contribution in [0.4, 0.5) is 0 Å². The van der Waals surface area contributed by atoms with E-state index < -0.39 is 0 Å². The Morgan fingerprint density at radius 2 is 1.50 bits per heavy atom. The van der Waals surface area contributed by atoms with Gasteiger partial charge in [0.1, 0.15) is 11.4 Å². The summed E-state index contributed by atoms with van der Waals surface area (Å²) in [5.41, 5.74) is 6.96. The monoisotopic (exact) mass is 440 g/mol. The number of aromatic nitrogens is 2. The van der Waals surface area contributed by atoms with Crippen LogP contribution in [0, 0.1) is 0 Å². The van der Waals surface area contributed by atoms with Crippen molar-refractivity contribution in [3.63, 3.8) is 0 Å².